The Labute approximate surface area is 152 Å². The summed E-state index contributed by atoms with van der Waals surface area (Å²) in [5.74, 6) is 2.13. The molecule has 2 aliphatic rings. The van der Waals surface area contributed by atoms with Crippen LogP contribution in [0.25, 0.3) is 0 Å². The summed E-state index contributed by atoms with van der Waals surface area (Å²) in [7, 11) is 3.26. The van der Waals surface area contributed by atoms with Crippen molar-refractivity contribution in [2.24, 2.45) is 11.0 Å². The zero-order valence-corrected chi connectivity index (χ0v) is 14.9. The molecule has 1 amide bonds. The zero-order chi connectivity index (χ0) is 18.3. The number of carbonyl (C=O) groups excluding carboxylic acids is 1. The first-order valence-corrected chi connectivity index (χ1v) is 8.46. The van der Waals surface area contributed by atoms with Gasteiger partial charge in [0, 0.05) is 18.6 Å². The molecule has 134 valence electrons. The lowest BCUT2D eigenvalue weighted by Gasteiger charge is -2.29. The van der Waals surface area contributed by atoms with E-state index in [4.69, 9.17) is 14.2 Å². The first-order chi connectivity index (χ1) is 12.6. The average molecular weight is 352 g/mol. The van der Waals surface area contributed by atoms with Crippen LogP contribution in [-0.4, -0.2) is 37.5 Å². The summed E-state index contributed by atoms with van der Waals surface area (Å²) in [6.45, 7) is 1.99. The molecule has 0 N–H and O–H groups in total. The molecule has 0 saturated carbocycles. The number of hydrogen-bond donors (Lipinski definition) is 0. The van der Waals surface area contributed by atoms with E-state index in [1.807, 2.05) is 42.5 Å². The Kier molecular flexibility index (Phi) is 4.03. The molecule has 6 nitrogen and oxygen atoms in total. The van der Waals surface area contributed by atoms with E-state index < -0.39 is 0 Å². The largest absolute Gasteiger partial charge is 0.497 e. The monoisotopic (exact) mass is 352 g/mol. The molecule has 0 fully saturated rings. The standard InChI is InChI=1S/C20H20N2O4/c1-12(23)22-20(13-4-6-14(24-2)7-5-13)17-11-26-18-10-15(25-3)8-9-16(18)19(17)21-22/h4-10,17,20H,11H2,1-3H3/t17-,20-/m1/s1. The van der Waals surface area contributed by atoms with Gasteiger partial charge in [-0.15, -0.1) is 0 Å². The molecule has 2 aliphatic heterocycles. The van der Waals surface area contributed by atoms with Gasteiger partial charge in [-0.25, -0.2) is 5.01 Å². The fourth-order valence-electron chi connectivity index (χ4n) is 3.58. The van der Waals surface area contributed by atoms with Crippen LogP contribution in [-0.2, 0) is 4.79 Å². The highest BCUT2D eigenvalue weighted by atomic mass is 16.5. The predicted molar refractivity (Wildman–Crippen MR) is 96.8 cm³/mol. The van der Waals surface area contributed by atoms with E-state index in [0.29, 0.717) is 6.61 Å². The Balaban J connectivity index is 1.75. The molecular formula is C20H20N2O4. The van der Waals surface area contributed by atoms with Gasteiger partial charge >= 0.3 is 0 Å². The third-order valence-corrected chi connectivity index (χ3v) is 4.87. The van der Waals surface area contributed by atoms with Crippen LogP contribution >= 0.6 is 0 Å². The Bertz CT molecular complexity index is 876. The topological polar surface area (TPSA) is 60.4 Å². The van der Waals surface area contributed by atoms with Gasteiger partial charge in [0.2, 0.25) is 5.91 Å². The molecular weight excluding hydrogens is 332 g/mol. The maximum Gasteiger partial charge on any atom is 0.240 e. The van der Waals surface area contributed by atoms with Crippen molar-refractivity contribution in [2.45, 2.75) is 13.0 Å². The Morgan fingerprint density at radius 2 is 1.81 bits per heavy atom. The number of ether oxygens (including phenoxy) is 3. The summed E-state index contributed by atoms with van der Waals surface area (Å²) in [5.41, 5.74) is 2.79. The minimum atomic E-state index is -0.191. The summed E-state index contributed by atoms with van der Waals surface area (Å²) in [6.07, 6.45) is 0. The summed E-state index contributed by atoms with van der Waals surface area (Å²) in [4.78, 5) is 12.2. The molecule has 0 radical (unpaired) electrons. The van der Waals surface area contributed by atoms with Crippen molar-refractivity contribution >= 4 is 11.6 Å². The second-order valence-corrected chi connectivity index (χ2v) is 6.35. The SMILES string of the molecule is COc1ccc([C@@H]2[C@@H]3COc4cc(OC)ccc4C3=NN2C(C)=O)cc1. The number of methoxy groups -OCH3 is 2. The summed E-state index contributed by atoms with van der Waals surface area (Å²) >= 11 is 0. The van der Waals surface area contributed by atoms with Crippen molar-refractivity contribution in [3.05, 3.63) is 53.6 Å². The Morgan fingerprint density at radius 1 is 1.12 bits per heavy atom. The fourth-order valence-corrected chi connectivity index (χ4v) is 3.58. The molecule has 2 aromatic carbocycles. The molecule has 0 spiro atoms. The van der Waals surface area contributed by atoms with Gasteiger partial charge in [0.05, 0.1) is 38.5 Å². The van der Waals surface area contributed by atoms with Gasteiger partial charge in [0.1, 0.15) is 17.2 Å². The molecule has 0 aromatic heterocycles. The third kappa shape index (κ3) is 2.58. The molecule has 0 unspecified atom stereocenters. The van der Waals surface area contributed by atoms with E-state index in [1.54, 1.807) is 19.2 Å². The fraction of sp³-hybridized carbons (Fsp3) is 0.300. The molecule has 2 atom stereocenters. The van der Waals surface area contributed by atoms with Gasteiger partial charge in [-0.3, -0.25) is 4.79 Å². The van der Waals surface area contributed by atoms with Crippen LogP contribution in [0.2, 0.25) is 0 Å². The minimum Gasteiger partial charge on any atom is -0.497 e. The number of carbonyl (C=O) groups is 1. The molecule has 0 bridgehead atoms. The average Bonchev–Trinajstić information content (AvgIpc) is 3.07. The predicted octanol–water partition coefficient (Wildman–Crippen LogP) is 3.02. The highest BCUT2D eigenvalue weighted by Gasteiger charge is 2.44. The number of fused-ring (bicyclic) bond motifs is 3. The van der Waals surface area contributed by atoms with E-state index in [2.05, 4.69) is 5.10 Å². The molecule has 6 heteroatoms. The van der Waals surface area contributed by atoms with E-state index in [0.717, 1.165) is 34.1 Å². The second-order valence-electron chi connectivity index (χ2n) is 6.35. The van der Waals surface area contributed by atoms with Crippen molar-refractivity contribution in [3.63, 3.8) is 0 Å². The molecule has 2 aromatic rings. The van der Waals surface area contributed by atoms with Gasteiger partial charge in [-0.05, 0) is 29.8 Å². The lowest BCUT2D eigenvalue weighted by molar-refractivity contribution is -0.131. The normalized spacial score (nSPS) is 20.6. The van der Waals surface area contributed by atoms with Crippen LogP contribution in [0.4, 0.5) is 0 Å². The van der Waals surface area contributed by atoms with Crippen LogP contribution in [0.15, 0.2) is 47.6 Å². The van der Waals surface area contributed by atoms with Gasteiger partial charge in [-0.1, -0.05) is 12.1 Å². The quantitative estimate of drug-likeness (QED) is 0.852. The minimum absolute atomic E-state index is 0.0202. The van der Waals surface area contributed by atoms with E-state index in [9.17, 15) is 4.79 Å². The highest BCUT2D eigenvalue weighted by Crippen LogP contribution is 2.43. The third-order valence-electron chi connectivity index (χ3n) is 4.87. The van der Waals surface area contributed by atoms with Crippen LogP contribution in [0.5, 0.6) is 17.2 Å². The summed E-state index contributed by atoms with van der Waals surface area (Å²) in [6, 6.07) is 13.2. The molecule has 0 saturated heterocycles. The van der Waals surface area contributed by atoms with E-state index in [-0.39, 0.29) is 17.9 Å². The van der Waals surface area contributed by atoms with Crippen molar-refractivity contribution < 1.29 is 19.0 Å². The lowest BCUT2D eigenvalue weighted by atomic mass is 9.85. The highest BCUT2D eigenvalue weighted by molar-refractivity contribution is 6.07. The van der Waals surface area contributed by atoms with Gasteiger partial charge in [0.25, 0.3) is 0 Å². The van der Waals surface area contributed by atoms with Gasteiger partial charge in [0.15, 0.2) is 0 Å². The molecule has 26 heavy (non-hydrogen) atoms. The van der Waals surface area contributed by atoms with Crippen molar-refractivity contribution in [3.8, 4) is 17.2 Å². The van der Waals surface area contributed by atoms with Crippen molar-refractivity contribution in [1.82, 2.24) is 5.01 Å². The summed E-state index contributed by atoms with van der Waals surface area (Å²) < 4.78 is 16.5. The van der Waals surface area contributed by atoms with Crippen molar-refractivity contribution in [2.75, 3.05) is 20.8 Å². The number of amides is 1. The first-order valence-electron chi connectivity index (χ1n) is 8.46. The zero-order valence-electron chi connectivity index (χ0n) is 14.9. The number of rotatable bonds is 3. The van der Waals surface area contributed by atoms with Crippen LogP contribution in [0.3, 0.4) is 0 Å². The number of hydrazone groups is 1. The number of benzene rings is 2. The van der Waals surface area contributed by atoms with Gasteiger partial charge in [-0.2, -0.15) is 5.10 Å². The first kappa shape index (κ1) is 16.4. The van der Waals surface area contributed by atoms with Crippen LogP contribution in [0.1, 0.15) is 24.1 Å². The lowest BCUT2D eigenvalue weighted by Crippen LogP contribution is -2.34. The summed E-state index contributed by atoms with van der Waals surface area (Å²) in [5, 5.41) is 6.22. The molecule has 4 rings (SSSR count). The van der Waals surface area contributed by atoms with Crippen LogP contribution in [0, 0.1) is 5.92 Å². The maximum absolute atomic E-state index is 12.2. The molecule has 2 heterocycles. The Hall–Kier alpha value is -3.02. The van der Waals surface area contributed by atoms with Crippen molar-refractivity contribution in [1.29, 1.82) is 0 Å². The van der Waals surface area contributed by atoms with Gasteiger partial charge < -0.3 is 14.2 Å². The Morgan fingerprint density at radius 3 is 2.46 bits per heavy atom. The smallest absolute Gasteiger partial charge is 0.240 e. The number of hydrogen-bond acceptors (Lipinski definition) is 5. The van der Waals surface area contributed by atoms with Crippen LogP contribution < -0.4 is 14.2 Å². The maximum atomic E-state index is 12.2. The number of nitrogens with zero attached hydrogens (tertiary/aromatic N) is 2. The second kappa shape index (κ2) is 6.37. The molecule has 0 aliphatic carbocycles. The van der Waals surface area contributed by atoms with E-state index >= 15 is 0 Å². The van der Waals surface area contributed by atoms with E-state index in [1.165, 1.54) is 6.92 Å².